The number of anilines is 1. The monoisotopic (exact) mass is 456 g/mol. The van der Waals surface area contributed by atoms with E-state index in [-0.39, 0.29) is 0 Å². The highest BCUT2D eigenvalue weighted by Crippen LogP contribution is 2.27. The van der Waals surface area contributed by atoms with E-state index < -0.39 is 5.97 Å². The molecule has 0 saturated heterocycles. The molecule has 34 heavy (non-hydrogen) atoms. The number of aryl methyl sites for hydroxylation is 3. The first-order chi connectivity index (χ1) is 16.2. The van der Waals surface area contributed by atoms with E-state index in [2.05, 4.69) is 72.7 Å². The number of benzene rings is 2. The van der Waals surface area contributed by atoms with Gasteiger partial charge in [0, 0.05) is 35.8 Å². The molecule has 176 valence electrons. The van der Waals surface area contributed by atoms with Crippen LogP contribution < -0.4 is 5.32 Å². The molecular weight excluding hydrogens is 424 g/mol. The van der Waals surface area contributed by atoms with E-state index in [1.54, 1.807) is 12.4 Å². The van der Waals surface area contributed by atoms with Crippen LogP contribution in [0.25, 0.3) is 22.2 Å². The van der Waals surface area contributed by atoms with Crippen LogP contribution in [-0.4, -0.2) is 32.2 Å². The van der Waals surface area contributed by atoms with Gasteiger partial charge in [0.2, 0.25) is 0 Å². The average molecular weight is 457 g/mol. The Morgan fingerprint density at radius 1 is 1.03 bits per heavy atom. The number of rotatable bonds is 8. The molecule has 0 aliphatic rings. The second-order valence-electron chi connectivity index (χ2n) is 9.39. The Morgan fingerprint density at radius 2 is 1.79 bits per heavy atom. The van der Waals surface area contributed by atoms with E-state index in [9.17, 15) is 9.90 Å². The normalized spacial score (nSPS) is 11.4. The molecule has 0 fully saturated rings. The second kappa shape index (κ2) is 9.67. The van der Waals surface area contributed by atoms with Crippen LogP contribution in [0.15, 0.2) is 48.8 Å². The summed E-state index contributed by atoms with van der Waals surface area (Å²) in [5, 5.41) is 14.3. The lowest BCUT2D eigenvalue weighted by Crippen LogP contribution is -2.12. The zero-order valence-electron chi connectivity index (χ0n) is 20.5. The second-order valence-corrected chi connectivity index (χ2v) is 9.39. The Hall–Kier alpha value is -3.67. The maximum atomic E-state index is 11.6. The maximum Gasteiger partial charge on any atom is 0.335 e. The zero-order valence-corrected chi connectivity index (χ0v) is 20.5. The molecular formula is C28H32N4O2. The Bertz CT molecular complexity index is 1350. The Labute approximate surface area is 200 Å². The molecule has 2 aromatic heterocycles. The van der Waals surface area contributed by atoms with Crippen molar-refractivity contribution in [2.75, 3.05) is 11.9 Å². The first kappa shape index (κ1) is 23.5. The lowest BCUT2D eigenvalue weighted by molar-refractivity contribution is 0.0695. The molecule has 0 unspecified atom stereocenters. The summed E-state index contributed by atoms with van der Waals surface area (Å²) in [4.78, 5) is 20.5. The van der Waals surface area contributed by atoms with Crippen LogP contribution in [0.4, 0.5) is 5.82 Å². The highest BCUT2D eigenvalue weighted by atomic mass is 16.4. The van der Waals surface area contributed by atoms with E-state index in [1.165, 1.54) is 27.7 Å². The summed E-state index contributed by atoms with van der Waals surface area (Å²) in [6.07, 6.45) is 2.25. The molecule has 0 aliphatic heterocycles. The summed E-state index contributed by atoms with van der Waals surface area (Å²) in [6, 6.07) is 14.0. The minimum atomic E-state index is -0.898. The fraction of sp³-hybridized carbons (Fsp3) is 0.321. The van der Waals surface area contributed by atoms with Crippen molar-refractivity contribution < 1.29 is 9.90 Å². The smallest absolute Gasteiger partial charge is 0.335 e. The topological polar surface area (TPSA) is 80.0 Å². The number of fused-ring (bicyclic) bond motifs is 1. The fourth-order valence-corrected chi connectivity index (χ4v) is 4.59. The van der Waals surface area contributed by atoms with Gasteiger partial charge in [-0.3, -0.25) is 0 Å². The lowest BCUT2D eigenvalue weighted by Gasteiger charge is -2.13. The highest BCUT2D eigenvalue weighted by molar-refractivity contribution is 5.90. The number of carboxylic acids is 1. The van der Waals surface area contributed by atoms with E-state index in [1.807, 2.05) is 18.2 Å². The van der Waals surface area contributed by atoms with Crippen molar-refractivity contribution in [3.8, 4) is 11.3 Å². The molecule has 6 heteroatoms. The molecule has 2 aromatic carbocycles. The van der Waals surface area contributed by atoms with Gasteiger partial charge in [-0.25, -0.2) is 14.8 Å². The first-order valence-electron chi connectivity index (χ1n) is 11.7. The number of nitrogens with zero attached hydrogens (tertiary/aromatic N) is 3. The van der Waals surface area contributed by atoms with Gasteiger partial charge in [-0.2, -0.15) is 0 Å². The SMILES string of the molecule is Cc1ccc(C)c2c1cc(C)n2CCNc1cc(-c2ccc(C(=O)O)c(CC(C)C)c2)ncn1. The fourth-order valence-electron chi connectivity index (χ4n) is 4.59. The molecule has 0 saturated carbocycles. The van der Waals surface area contributed by atoms with Crippen LogP contribution in [0, 0.1) is 26.7 Å². The first-order valence-corrected chi connectivity index (χ1v) is 11.7. The molecule has 4 aromatic rings. The molecule has 0 radical (unpaired) electrons. The van der Waals surface area contributed by atoms with Crippen molar-refractivity contribution in [1.82, 2.24) is 14.5 Å². The predicted octanol–water partition coefficient (Wildman–Crippen LogP) is 6.03. The summed E-state index contributed by atoms with van der Waals surface area (Å²) in [5.41, 5.74) is 7.95. The molecule has 0 bridgehead atoms. The molecule has 4 rings (SSSR count). The summed E-state index contributed by atoms with van der Waals surface area (Å²) in [6.45, 7) is 12.2. The van der Waals surface area contributed by atoms with Crippen molar-refractivity contribution in [2.24, 2.45) is 5.92 Å². The molecule has 2 N–H and O–H groups in total. The Balaban J connectivity index is 1.53. The highest BCUT2D eigenvalue weighted by Gasteiger charge is 2.14. The summed E-state index contributed by atoms with van der Waals surface area (Å²) in [7, 11) is 0. The van der Waals surface area contributed by atoms with E-state index >= 15 is 0 Å². The summed E-state index contributed by atoms with van der Waals surface area (Å²) >= 11 is 0. The number of carbonyl (C=O) groups is 1. The summed E-state index contributed by atoms with van der Waals surface area (Å²) < 4.78 is 2.36. The third-order valence-corrected chi connectivity index (χ3v) is 6.25. The predicted molar refractivity (Wildman–Crippen MR) is 138 cm³/mol. The van der Waals surface area contributed by atoms with E-state index in [4.69, 9.17) is 0 Å². The largest absolute Gasteiger partial charge is 0.478 e. The van der Waals surface area contributed by atoms with E-state index in [0.717, 1.165) is 35.7 Å². The minimum Gasteiger partial charge on any atom is -0.478 e. The molecule has 0 atom stereocenters. The molecule has 2 heterocycles. The van der Waals surface area contributed by atoms with Crippen molar-refractivity contribution in [2.45, 2.75) is 47.6 Å². The van der Waals surface area contributed by atoms with Gasteiger partial charge in [0.15, 0.2) is 0 Å². The van der Waals surface area contributed by atoms with Gasteiger partial charge in [-0.05, 0) is 68.0 Å². The van der Waals surface area contributed by atoms with Gasteiger partial charge in [0.1, 0.15) is 12.1 Å². The maximum absolute atomic E-state index is 11.6. The van der Waals surface area contributed by atoms with Gasteiger partial charge in [-0.1, -0.05) is 32.0 Å². The average Bonchev–Trinajstić information content (AvgIpc) is 3.13. The van der Waals surface area contributed by atoms with Gasteiger partial charge < -0.3 is 15.0 Å². The standard InChI is InChI=1S/C28H32N4O2/c1-17(2)12-22-14-21(8-9-23(22)28(33)34)25-15-26(31-16-30-25)29-10-11-32-20(5)13-24-18(3)6-7-19(4)27(24)32/h6-9,13-17H,10-12H2,1-5H3,(H,33,34)(H,29,30,31). The minimum absolute atomic E-state index is 0.352. The van der Waals surface area contributed by atoms with Crippen LogP contribution in [-0.2, 0) is 13.0 Å². The van der Waals surface area contributed by atoms with Gasteiger partial charge in [-0.15, -0.1) is 0 Å². The number of nitrogens with one attached hydrogen (secondary N) is 1. The van der Waals surface area contributed by atoms with Crippen LogP contribution in [0.5, 0.6) is 0 Å². The molecule has 0 amide bonds. The van der Waals surface area contributed by atoms with E-state index in [0.29, 0.717) is 17.9 Å². The number of aromatic carboxylic acids is 1. The van der Waals surface area contributed by atoms with Gasteiger partial charge in [0.05, 0.1) is 16.8 Å². The van der Waals surface area contributed by atoms with Gasteiger partial charge >= 0.3 is 5.97 Å². The molecule has 0 aliphatic carbocycles. The molecule has 0 spiro atoms. The number of hydrogen-bond acceptors (Lipinski definition) is 4. The van der Waals surface area contributed by atoms with Gasteiger partial charge in [0.25, 0.3) is 0 Å². The number of carboxylic acid groups (broad SMARTS) is 1. The van der Waals surface area contributed by atoms with Crippen molar-refractivity contribution in [3.63, 3.8) is 0 Å². The van der Waals surface area contributed by atoms with Crippen LogP contribution in [0.1, 0.15) is 46.6 Å². The van der Waals surface area contributed by atoms with Crippen molar-refractivity contribution in [1.29, 1.82) is 0 Å². The van der Waals surface area contributed by atoms with Crippen LogP contribution in [0.3, 0.4) is 0 Å². The number of hydrogen-bond donors (Lipinski definition) is 2. The Kier molecular flexibility index (Phi) is 6.68. The molecule has 6 nitrogen and oxygen atoms in total. The Morgan fingerprint density at radius 3 is 2.53 bits per heavy atom. The van der Waals surface area contributed by atoms with Crippen LogP contribution >= 0.6 is 0 Å². The van der Waals surface area contributed by atoms with Crippen molar-refractivity contribution in [3.05, 3.63) is 76.7 Å². The number of aromatic nitrogens is 3. The van der Waals surface area contributed by atoms with Crippen LogP contribution in [0.2, 0.25) is 0 Å². The summed E-state index contributed by atoms with van der Waals surface area (Å²) in [5.74, 6) is 0.210. The van der Waals surface area contributed by atoms with Crippen molar-refractivity contribution >= 4 is 22.7 Å². The third-order valence-electron chi connectivity index (χ3n) is 6.25. The zero-order chi connectivity index (χ0) is 24.4. The lowest BCUT2D eigenvalue weighted by atomic mass is 9.95. The quantitative estimate of drug-likeness (QED) is 0.338. The third kappa shape index (κ3) is 4.81.